The molecule has 0 fully saturated rings. The topological polar surface area (TPSA) is 48.1 Å². The molecule has 0 unspecified atom stereocenters. The van der Waals surface area contributed by atoms with Crippen LogP contribution in [0.3, 0.4) is 0 Å². The van der Waals surface area contributed by atoms with Crippen LogP contribution in [0.25, 0.3) is 11.3 Å². The molecular formula is C11H10F2N2OS. The zero-order valence-electron chi connectivity index (χ0n) is 8.98. The van der Waals surface area contributed by atoms with E-state index in [1.165, 1.54) is 17.4 Å². The number of nitrogens with zero attached hydrogens (tertiary/aromatic N) is 1. The fourth-order valence-electron chi connectivity index (χ4n) is 1.50. The highest BCUT2D eigenvalue weighted by atomic mass is 32.1. The molecule has 17 heavy (non-hydrogen) atoms. The van der Waals surface area contributed by atoms with E-state index in [-0.39, 0.29) is 5.75 Å². The number of hydrogen-bond donors (Lipinski definition) is 1. The smallest absolute Gasteiger partial charge is 0.387 e. The molecule has 0 bridgehead atoms. The zero-order chi connectivity index (χ0) is 12.4. The van der Waals surface area contributed by atoms with E-state index < -0.39 is 6.61 Å². The van der Waals surface area contributed by atoms with E-state index in [0.29, 0.717) is 16.3 Å². The van der Waals surface area contributed by atoms with Gasteiger partial charge in [-0.05, 0) is 19.1 Å². The monoisotopic (exact) mass is 256 g/mol. The van der Waals surface area contributed by atoms with Crippen LogP contribution in [0, 0.1) is 6.92 Å². The molecule has 2 N–H and O–H groups in total. The Kier molecular flexibility index (Phi) is 3.23. The van der Waals surface area contributed by atoms with Gasteiger partial charge in [0.1, 0.15) is 16.4 Å². The van der Waals surface area contributed by atoms with Gasteiger partial charge in [0.2, 0.25) is 0 Å². The van der Waals surface area contributed by atoms with Gasteiger partial charge < -0.3 is 10.5 Å². The van der Waals surface area contributed by atoms with Crippen LogP contribution in [-0.4, -0.2) is 11.6 Å². The number of halogens is 2. The Morgan fingerprint density at radius 1 is 1.35 bits per heavy atom. The third kappa shape index (κ3) is 2.52. The number of aryl methyl sites for hydroxylation is 1. The molecule has 1 aromatic carbocycles. The maximum atomic E-state index is 12.3. The number of thiazole rings is 1. The van der Waals surface area contributed by atoms with Gasteiger partial charge in [0, 0.05) is 5.56 Å². The summed E-state index contributed by atoms with van der Waals surface area (Å²) in [4.78, 5) is 4.22. The van der Waals surface area contributed by atoms with Gasteiger partial charge in [-0.15, -0.1) is 11.3 Å². The molecule has 1 heterocycles. The zero-order valence-corrected chi connectivity index (χ0v) is 9.80. The first kappa shape index (κ1) is 11.8. The average molecular weight is 256 g/mol. The molecule has 0 aliphatic heterocycles. The Balaban J connectivity index is 2.48. The van der Waals surface area contributed by atoms with Gasteiger partial charge in [-0.3, -0.25) is 0 Å². The van der Waals surface area contributed by atoms with Crippen molar-refractivity contribution in [2.75, 3.05) is 5.73 Å². The van der Waals surface area contributed by atoms with Gasteiger partial charge in [0.05, 0.1) is 5.01 Å². The van der Waals surface area contributed by atoms with Crippen LogP contribution in [-0.2, 0) is 0 Å². The van der Waals surface area contributed by atoms with E-state index in [1.807, 2.05) is 0 Å². The summed E-state index contributed by atoms with van der Waals surface area (Å²) in [5, 5.41) is 1.28. The molecular weight excluding hydrogens is 246 g/mol. The molecule has 0 radical (unpaired) electrons. The minimum atomic E-state index is -2.86. The molecule has 0 amide bonds. The van der Waals surface area contributed by atoms with Crippen LogP contribution in [0.15, 0.2) is 24.3 Å². The van der Waals surface area contributed by atoms with Gasteiger partial charge in [0.25, 0.3) is 0 Å². The molecule has 2 rings (SSSR count). The molecule has 0 spiro atoms. The Bertz CT molecular complexity index is 528. The predicted octanol–water partition coefficient (Wildman–Crippen LogP) is 3.30. The number of ether oxygens (including phenoxy) is 1. The Hall–Kier alpha value is -1.69. The Labute approximate surface area is 101 Å². The van der Waals surface area contributed by atoms with Crippen molar-refractivity contribution in [3.63, 3.8) is 0 Å². The number of para-hydroxylation sites is 1. The molecule has 0 atom stereocenters. The molecule has 0 saturated carbocycles. The van der Waals surface area contributed by atoms with Crippen molar-refractivity contribution in [3.8, 4) is 17.0 Å². The van der Waals surface area contributed by atoms with Crippen LogP contribution < -0.4 is 10.5 Å². The third-order valence-electron chi connectivity index (χ3n) is 2.12. The summed E-state index contributed by atoms with van der Waals surface area (Å²) >= 11 is 1.32. The second-order valence-corrected chi connectivity index (χ2v) is 4.56. The lowest BCUT2D eigenvalue weighted by Gasteiger charge is -2.09. The van der Waals surface area contributed by atoms with Crippen molar-refractivity contribution in [3.05, 3.63) is 29.3 Å². The number of hydrogen-bond acceptors (Lipinski definition) is 4. The highest BCUT2D eigenvalue weighted by molar-refractivity contribution is 7.16. The van der Waals surface area contributed by atoms with Crippen molar-refractivity contribution >= 4 is 16.3 Å². The molecule has 0 aliphatic rings. The summed E-state index contributed by atoms with van der Waals surface area (Å²) in [6.07, 6.45) is 0. The molecule has 6 heteroatoms. The fraction of sp³-hybridized carbons (Fsp3) is 0.182. The highest BCUT2D eigenvalue weighted by Crippen LogP contribution is 2.36. The summed E-state index contributed by atoms with van der Waals surface area (Å²) in [5.74, 6) is 0.0829. The lowest BCUT2D eigenvalue weighted by atomic mass is 10.1. The summed E-state index contributed by atoms with van der Waals surface area (Å²) in [6, 6.07) is 6.47. The van der Waals surface area contributed by atoms with Gasteiger partial charge >= 0.3 is 6.61 Å². The van der Waals surface area contributed by atoms with E-state index in [0.717, 1.165) is 5.01 Å². The van der Waals surface area contributed by atoms with Crippen LogP contribution in [0.4, 0.5) is 13.8 Å². The standard InChI is InChI=1S/C11H10F2N2OS/c1-6-15-9(10(14)17-6)7-4-2-3-5-8(7)16-11(12)13/h2-5,11H,14H2,1H3. The van der Waals surface area contributed by atoms with Gasteiger partial charge in [-0.2, -0.15) is 8.78 Å². The molecule has 2 aromatic rings. The van der Waals surface area contributed by atoms with E-state index in [1.54, 1.807) is 25.1 Å². The summed E-state index contributed by atoms with van der Waals surface area (Å²) in [5.41, 5.74) is 6.76. The van der Waals surface area contributed by atoms with Crippen molar-refractivity contribution in [2.45, 2.75) is 13.5 Å². The van der Waals surface area contributed by atoms with Gasteiger partial charge in [-0.25, -0.2) is 4.98 Å². The maximum Gasteiger partial charge on any atom is 0.387 e. The first-order valence-electron chi connectivity index (χ1n) is 4.85. The molecule has 0 saturated heterocycles. The molecule has 90 valence electrons. The van der Waals surface area contributed by atoms with E-state index in [2.05, 4.69) is 9.72 Å². The molecule has 1 aromatic heterocycles. The van der Waals surface area contributed by atoms with Crippen LogP contribution in [0.5, 0.6) is 5.75 Å². The minimum Gasteiger partial charge on any atom is -0.434 e. The van der Waals surface area contributed by atoms with E-state index in [9.17, 15) is 8.78 Å². The number of nitrogens with two attached hydrogens (primary N) is 1. The van der Waals surface area contributed by atoms with Gasteiger partial charge in [-0.1, -0.05) is 12.1 Å². The highest BCUT2D eigenvalue weighted by Gasteiger charge is 2.15. The Morgan fingerprint density at radius 2 is 2.06 bits per heavy atom. The minimum absolute atomic E-state index is 0.0829. The maximum absolute atomic E-state index is 12.3. The van der Waals surface area contributed by atoms with E-state index >= 15 is 0 Å². The number of rotatable bonds is 3. The van der Waals surface area contributed by atoms with Crippen LogP contribution in [0.1, 0.15) is 5.01 Å². The fourth-order valence-corrected chi connectivity index (χ4v) is 2.20. The van der Waals surface area contributed by atoms with Crippen molar-refractivity contribution in [2.24, 2.45) is 0 Å². The lowest BCUT2D eigenvalue weighted by molar-refractivity contribution is -0.0494. The van der Waals surface area contributed by atoms with Crippen molar-refractivity contribution in [1.82, 2.24) is 4.98 Å². The van der Waals surface area contributed by atoms with Crippen LogP contribution >= 0.6 is 11.3 Å². The summed E-state index contributed by atoms with van der Waals surface area (Å²) < 4.78 is 28.9. The summed E-state index contributed by atoms with van der Waals surface area (Å²) in [7, 11) is 0. The number of anilines is 1. The average Bonchev–Trinajstić information content (AvgIpc) is 2.58. The second-order valence-electron chi connectivity index (χ2n) is 3.32. The quantitative estimate of drug-likeness (QED) is 0.916. The van der Waals surface area contributed by atoms with Crippen LogP contribution in [0.2, 0.25) is 0 Å². The molecule has 0 aliphatic carbocycles. The number of aromatic nitrogens is 1. The number of benzene rings is 1. The van der Waals surface area contributed by atoms with Crippen molar-refractivity contribution in [1.29, 1.82) is 0 Å². The third-order valence-corrected chi connectivity index (χ3v) is 2.92. The van der Waals surface area contributed by atoms with Gasteiger partial charge in [0.15, 0.2) is 0 Å². The normalized spacial score (nSPS) is 10.8. The lowest BCUT2D eigenvalue weighted by Crippen LogP contribution is -2.03. The predicted molar refractivity (Wildman–Crippen MR) is 63.3 cm³/mol. The van der Waals surface area contributed by atoms with Crippen molar-refractivity contribution < 1.29 is 13.5 Å². The Morgan fingerprint density at radius 3 is 2.65 bits per heavy atom. The SMILES string of the molecule is Cc1nc(-c2ccccc2OC(F)F)c(N)s1. The number of nitrogen functional groups attached to an aromatic ring is 1. The van der Waals surface area contributed by atoms with E-state index in [4.69, 9.17) is 5.73 Å². The largest absolute Gasteiger partial charge is 0.434 e. The first-order valence-corrected chi connectivity index (χ1v) is 5.66. The molecule has 3 nitrogen and oxygen atoms in total. The second kappa shape index (κ2) is 4.67. The number of alkyl halides is 2. The summed E-state index contributed by atoms with van der Waals surface area (Å²) in [6.45, 7) is -1.06. The first-order chi connectivity index (χ1) is 8.08.